The molecule has 0 fully saturated rings. The van der Waals surface area contributed by atoms with Gasteiger partial charge in [-0.05, 0) is 29.8 Å². The van der Waals surface area contributed by atoms with E-state index in [-0.39, 0.29) is 5.91 Å². The van der Waals surface area contributed by atoms with Crippen molar-refractivity contribution in [1.29, 1.82) is 0 Å². The van der Waals surface area contributed by atoms with E-state index in [9.17, 15) is 4.79 Å². The van der Waals surface area contributed by atoms with Gasteiger partial charge in [0.05, 0.1) is 12.1 Å². The monoisotopic (exact) mass is 278 g/mol. The Kier molecular flexibility index (Phi) is 3.73. The van der Waals surface area contributed by atoms with Gasteiger partial charge < -0.3 is 5.32 Å². The van der Waals surface area contributed by atoms with Crippen LogP contribution in [-0.2, 0) is 11.2 Å². The third kappa shape index (κ3) is 3.33. The minimum absolute atomic E-state index is 0.0977. The molecule has 2 aromatic heterocycles. The molecule has 0 aliphatic heterocycles. The fraction of sp³-hybridized carbons (Fsp3) is 0.0625. The van der Waals surface area contributed by atoms with E-state index >= 15 is 0 Å². The van der Waals surface area contributed by atoms with E-state index in [1.165, 1.54) is 0 Å². The molecule has 0 spiro atoms. The molecule has 5 nitrogen and oxygen atoms in total. The second kappa shape index (κ2) is 6.00. The summed E-state index contributed by atoms with van der Waals surface area (Å²) in [6, 6.07) is 15.2. The van der Waals surface area contributed by atoms with Crippen LogP contribution in [0.5, 0.6) is 0 Å². The van der Waals surface area contributed by atoms with Gasteiger partial charge in [0.25, 0.3) is 0 Å². The van der Waals surface area contributed by atoms with Crippen LogP contribution in [-0.4, -0.2) is 20.7 Å². The number of carbonyl (C=O) groups excluding carboxylic acids is 1. The molecule has 0 unspecified atom stereocenters. The number of nitrogens with one attached hydrogen (secondary N) is 1. The van der Waals surface area contributed by atoms with Gasteiger partial charge in [-0.1, -0.05) is 18.2 Å². The van der Waals surface area contributed by atoms with Crippen molar-refractivity contribution < 1.29 is 4.79 Å². The van der Waals surface area contributed by atoms with Gasteiger partial charge in [0.1, 0.15) is 0 Å². The van der Waals surface area contributed by atoms with Crippen LogP contribution in [0.25, 0.3) is 5.69 Å². The average molecular weight is 278 g/mol. The smallest absolute Gasteiger partial charge is 0.229 e. The van der Waals surface area contributed by atoms with Crippen molar-refractivity contribution in [2.24, 2.45) is 0 Å². The molecule has 0 aliphatic rings. The topological polar surface area (TPSA) is 59.8 Å². The quantitative estimate of drug-likeness (QED) is 0.797. The van der Waals surface area contributed by atoms with Crippen LogP contribution in [0.1, 0.15) is 5.56 Å². The lowest BCUT2D eigenvalue weighted by Crippen LogP contribution is -2.15. The van der Waals surface area contributed by atoms with Gasteiger partial charge in [-0.15, -0.1) is 0 Å². The molecule has 0 radical (unpaired) electrons. The maximum absolute atomic E-state index is 11.9. The summed E-state index contributed by atoms with van der Waals surface area (Å²) in [6.07, 6.45) is 5.47. The summed E-state index contributed by atoms with van der Waals surface area (Å²) in [5.41, 5.74) is 1.87. The van der Waals surface area contributed by atoms with Gasteiger partial charge in [0.2, 0.25) is 5.91 Å². The molecule has 0 atom stereocenters. The fourth-order valence-electron chi connectivity index (χ4n) is 1.99. The number of pyridine rings is 1. The Morgan fingerprint density at radius 1 is 1.05 bits per heavy atom. The van der Waals surface area contributed by atoms with Crippen LogP contribution in [0.2, 0.25) is 0 Å². The molecule has 1 amide bonds. The molecule has 5 heteroatoms. The summed E-state index contributed by atoms with van der Waals surface area (Å²) in [4.78, 5) is 15.9. The largest absolute Gasteiger partial charge is 0.309 e. The van der Waals surface area contributed by atoms with Crippen molar-refractivity contribution in [2.45, 2.75) is 6.42 Å². The van der Waals surface area contributed by atoms with Crippen molar-refractivity contribution in [3.8, 4) is 5.69 Å². The second-order valence-corrected chi connectivity index (χ2v) is 4.56. The van der Waals surface area contributed by atoms with Gasteiger partial charge in [-0.2, -0.15) is 5.10 Å². The van der Waals surface area contributed by atoms with Crippen molar-refractivity contribution in [1.82, 2.24) is 14.8 Å². The van der Waals surface area contributed by atoms with Crippen LogP contribution >= 0.6 is 0 Å². The van der Waals surface area contributed by atoms with Gasteiger partial charge in [-0.25, -0.2) is 4.68 Å². The average Bonchev–Trinajstić information content (AvgIpc) is 2.97. The number of hydrogen-bond acceptors (Lipinski definition) is 3. The first-order chi connectivity index (χ1) is 10.3. The summed E-state index contributed by atoms with van der Waals surface area (Å²) in [6.45, 7) is 0. The molecule has 1 aromatic carbocycles. The van der Waals surface area contributed by atoms with E-state index < -0.39 is 0 Å². The van der Waals surface area contributed by atoms with Gasteiger partial charge in [0.15, 0.2) is 5.82 Å². The second-order valence-electron chi connectivity index (χ2n) is 4.56. The van der Waals surface area contributed by atoms with E-state index in [1.807, 2.05) is 48.7 Å². The lowest BCUT2D eigenvalue weighted by atomic mass is 10.2. The molecular formula is C16H14N4O. The zero-order valence-electron chi connectivity index (χ0n) is 11.3. The molecule has 0 aliphatic carbocycles. The van der Waals surface area contributed by atoms with E-state index in [0.717, 1.165) is 11.3 Å². The summed E-state index contributed by atoms with van der Waals surface area (Å²) in [5, 5.41) is 7.12. The van der Waals surface area contributed by atoms with Gasteiger partial charge >= 0.3 is 0 Å². The number of nitrogens with zero attached hydrogens (tertiary/aromatic N) is 3. The predicted molar refractivity (Wildman–Crippen MR) is 80.1 cm³/mol. The van der Waals surface area contributed by atoms with Crippen LogP contribution in [0.3, 0.4) is 0 Å². The number of benzene rings is 1. The number of anilines is 1. The minimum atomic E-state index is -0.0977. The SMILES string of the molecule is O=C(Cc1ccncc1)Nc1ccn(-c2ccccc2)n1. The molecule has 2 heterocycles. The lowest BCUT2D eigenvalue weighted by molar-refractivity contribution is -0.115. The van der Waals surface area contributed by atoms with Gasteiger partial charge in [0, 0.05) is 24.7 Å². The van der Waals surface area contributed by atoms with Crippen molar-refractivity contribution >= 4 is 11.7 Å². The van der Waals surface area contributed by atoms with Crippen molar-refractivity contribution in [2.75, 3.05) is 5.32 Å². The number of carbonyl (C=O) groups is 1. The van der Waals surface area contributed by atoms with Crippen molar-refractivity contribution in [3.05, 3.63) is 72.7 Å². The fourth-order valence-corrected chi connectivity index (χ4v) is 1.99. The highest BCUT2D eigenvalue weighted by molar-refractivity contribution is 5.91. The lowest BCUT2D eigenvalue weighted by Gasteiger charge is -2.02. The van der Waals surface area contributed by atoms with Crippen molar-refractivity contribution in [3.63, 3.8) is 0 Å². The summed E-state index contributed by atoms with van der Waals surface area (Å²) >= 11 is 0. The number of amides is 1. The standard InChI is InChI=1S/C16H14N4O/c21-16(12-13-6-9-17-10-7-13)18-15-8-11-20(19-15)14-4-2-1-3-5-14/h1-11H,12H2,(H,18,19,21). The molecule has 0 saturated heterocycles. The highest BCUT2D eigenvalue weighted by Gasteiger charge is 2.06. The molecule has 0 bridgehead atoms. The molecule has 3 aromatic rings. The summed E-state index contributed by atoms with van der Waals surface area (Å²) in [7, 11) is 0. The predicted octanol–water partition coefficient (Wildman–Crippen LogP) is 2.45. The third-order valence-corrected chi connectivity index (χ3v) is 2.99. The Morgan fingerprint density at radius 3 is 2.57 bits per heavy atom. The number of para-hydroxylation sites is 1. The molecule has 104 valence electrons. The maximum atomic E-state index is 11.9. The number of aromatic nitrogens is 3. The molecule has 1 N–H and O–H groups in total. The Hall–Kier alpha value is -2.95. The summed E-state index contributed by atoms with van der Waals surface area (Å²) < 4.78 is 1.72. The zero-order chi connectivity index (χ0) is 14.5. The molecular weight excluding hydrogens is 264 g/mol. The first-order valence-electron chi connectivity index (χ1n) is 6.61. The van der Waals surface area contributed by atoms with Gasteiger partial charge in [-0.3, -0.25) is 9.78 Å². The van der Waals surface area contributed by atoms with E-state index in [4.69, 9.17) is 0 Å². The Bertz CT molecular complexity index is 722. The first-order valence-corrected chi connectivity index (χ1v) is 6.61. The van der Waals surface area contributed by atoms with E-state index in [0.29, 0.717) is 12.2 Å². The molecule has 21 heavy (non-hydrogen) atoms. The molecule has 0 saturated carbocycles. The third-order valence-electron chi connectivity index (χ3n) is 2.99. The maximum Gasteiger partial charge on any atom is 0.229 e. The number of hydrogen-bond donors (Lipinski definition) is 1. The highest BCUT2D eigenvalue weighted by atomic mass is 16.1. The Balaban J connectivity index is 1.66. The number of rotatable bonds is 4. The first kappa shape index (κ1) is 13.1. The summed E-state index contributed by atoms with van der Waals surface area (Å²) in [5.74, 6) is 0.442. The van der Waals surface area contributed by atoms with Crippen LogP contribution in [0.4, 0.5) is 5.82 Å². The normalized spacial score (nSPS) is 10.3. The Labute approximate surface area is 122 Å². The zero-order valence-corrected chi connectivity index (χ0v) is 11.3. The van der Waals surface area contributed by atoms with Crippen LogP contribution in [0, 0.1) is 0 Å². The Morgan fingerprint density at radius 2 is 1.81 bits per heavy atom. The van der Waals surface area contributed by atoms with Crippen LogP contribution < -0.4 is 5.32 Å². The van der Waals surface area contributed by atoms with E-state index in [1.54, 1.807) is 23.1 Å². The minimum Gasteiger partial charge on any atom is -0.309 e. The molecule has 3 rings (SSSR count). The highest BCUT2D eigenvalue weighted by Crippen LogP contribution is 2.10. The van der Waals surface area contributed by atoms with E-state index in [2.05, 4.69) is 15.4 Å². The van der Waals surface area contributed by atoms with Crippen LogP contribution in [0.15, 0.2) is 67.1 Å².